The molecule has 0 atom stereocenters. The molecule has 0 N–H and O–H groups in total. The summed E-state index contributed by atoms with van der Waals surface area (Å²) < 4.78 is 0. The molecule has 1 heterocycles. The third-order valence-electron chi connectivity index (χ3n) is 2.97. The van der Waals surface area contributed by atoms with Crippen molar-refractivity contribution in [2.24, 2.45) is 0 Å². The Morgan fingerprint density at radius 3 is 1.82 bits per heavy atom. The first-order valence-electron chi connectivity index (χ1n) is 5.04. The van der Waals surface area contributed by atoms with Gasteiger partial charge in [-0.3, -0.25) is 14.5 Å². The maximum absolute atomic E-state index is 11.9. The van der Waals surface area contributed by atoms with Crippen molar-refractivity contribution in [3.8, 4) is 0 Å². The number of nitrogens with zero attached hydrogens (tertiary/aromatic N) is 1. The third-order valence-corrected chi connectivity index (χ3v) is 2.97. The van der Waals surface area contributed by atoms with Crippen molar-refractivity contribution >= 4 is 22.6 Å². The average Bonchev–Trinajstić information content (AvgIpc) is 2.33. The lowest BCUT2D eigenvalue weighted by Gasteiger charge is -2.23. The highest BCUT2D eigenvalue weighted by Gasteiger charge is 2.29. The summed E-state index contributed by atoms with van der Waals surface area (Å²) in [5, 5.41) is 1.71. The van der Waals surface area contributed by atoms with Crippen molar-refractivity contribution in [2.45, 2.75) is 7.43 Å². The van der Waals surface area contributed by atoms with E-state index in [0.717, 1.165) is 15.7 Å². The molecular weight excluding hydrogens is 214 g/mol. The number of hydrogen-bond acceptors (Lipinski definition) is 2. The standard InChI is InChI=1S/C13H9NO2.CH4/c1-14-12(15)9-6-2-4-8-5-3-7-10(11(8)9)13(14)16;/h2-7H,1H3;1H4. The van der Waals surface area contributed by atoms with Gasteiger partial charge < -0.3 is 0 Å². The van der Waals surface area contributed by atoms with E-state index in [4.69, 9.17) is 0 Å². The van der Waals surface area contributed by atoms with Crippen LogP contribution in [0.5, 0.6) is 0 Å². The minimum Gasteiger partial charge on any atom is -0.277 e. The van der Waals surface area contributed by atoms with Gasteiger partial charge in [0.25, 0.3) is 11.8 Å². The van der Waals surface area contributed by atoms with Gasteiger partial charge in [0.1, 0.15) is 0 Å². The van der Waals surface area contributed by atoms with Crippen LogP contribution in [0, 0.1) is 0 Å². The SMILES string of the molecule is C.CN1C(=O)c2cccc3cccc(c23)C1=O. The summed E-state index contributed by atoms with van der Waals surface area (Å²) in [7, 11) is 1.51. The maximum Gasteiger partial charge on any atom is 0.261 e. The van der Waals surface area contributed by atoms with E-state index in [2.05, 4.69) is 0 Å². The van der Waals surface area contributed by atoms with Crippen molar-refractivity contribution in [1.82, 2.24) is 4.90 Å². The van der Waals surface area contributed by atoms with Crippen molar-refractivity contribution < 1.29 is 9.59 Å². The molecule has 2 aromatic rings. The molecule has 86 valence electrons. The first-order valence-corrected chi connectivity index (χ1v) is 5.04. The molecule has 3 heteroatoms. The Kier molecular flexibility index (Phi) is 2.46. The van der Waals surface area contributed by atoms with Crippen molar-refractivity contribution in [3.05, 3.63) is 47.5 Å². The molecule has 1 aliphatic heterocycles. The highest BCUT2D eigenvalue weighted by atomic mass is 16.2. The van der Waals surface area contributed by atoms with Gasteiger partial charge >= 0.3 is 0 Å². The zero-order chi connectivity index (χ0) is 11.3. The van der Waals surface area contributed by atoms with E-state index < -0.39 is 0 Å². The summed E-state index contributed by atoms with van der Waals surface area (Å²) in [6, 6.07) is 11.0. The molecule has 1 aliphatic rings. The van der Waals surface area contributed by atoms with Gasteiger partial charge in [0.15, 0.2) is 0 Å². The smallest absolute Gasteiger partial charge is 0.261 e. The zero-order valence-electron chi connectivity index (χ0n) is 8.73. The fourth-order valence-corrected chi connectivity index (χ4v) is 2.15. The third kappa shape index (κ3) is 1.35. The number of benzene rings is 2. The Balaban J connectivity index is 0.00000108. The van der Waals surface area contributed by atoms with Crippen molar-refractivity contribution in [2.75, 3.05) is 7.05 Å². The van der Waals surface area contributed by atoms with E-state index in [1.807, 2.05) is 24.3 Å². The molecule has 0 saturated heterocycles. The Morgan fingerprint density at radius 2 is 1.35 bits per heavy atom. The van der Waals surface area contributed by atoms with Gasteiger partial charge in [-0.15, -0.1) is 0 Å². The van der Waals surface area contributed by atoms with Crippen molar-refractivity contribution in [3.63, 3.8) is 0 Å². The van der Waals surface area contributed by atoms with Crippen LogP contribution in [0.3, 0.4) is 0 Å². The summed E-state index contributed by atoms with van der Waals surface area (Å²) >= 11 is 0. The fourth-order valence-electron chi connectivity index (χ4n) is 2.15. The quantitative estimate of drug-likeness (QED) is 0.649. The summed E-state index contributed by atoms with van der Waals surface area (Å²) in [6.07, 6.45) is 0. The number of rotatable bonds is 0. The zero-order valence-corrected chi connectivity index (χ0v) is 8.73. The molecule has 0 fully saturated rings. The Hall–Kier alpha value is -2.16. The largest absolute Gasteiger partial charge is 0.277 e. The van der Waals surface area contributed by atoms with E-state index in [-0.39, 0.29) is 19.2 Å². The van der Waals surface area contributed by atoms with Gasteiger partial charge in [-0.25, -0.2) is 0 Å². The molecule has 0 radical (unpaired) electrons. The highest BCUT2D eigenvalue weighted by Crippen LogP contribution is 2.28. The predicted octanol–water partition coefficient (Wildman–Crippen LogP) is 2.70. The van der Waals surface area contributed by atoms with Crippen LogP contribution in [0.15, 0.2) is 36.4 Å². The lowest BCUT2D eigenvalue weighted by Crippen LogP contribution is -2.36. The van der Waals surface area contributed by atoms with Crippen LogP contribution >= 0.6 is 0 Å². The molecule has 0 bridgehead atoms. The summed E-state index contributed by atoms with van der Waals surface area (Å²) in [5.41, 5.74) is 1.21. The number of imide groups is 1. The van der Waals surface area contributed by atoms with Gasteiger partial charge in [0, 0.05) is 23.6 Å². The van der Waals surface area contributed by atoms with Crippen LogP contribution in [0.2, 0.25) is 0 Å². The molecule has 3 rings (SSSR count). The second kappa shape index (κ2) is 3.70. The van der Waals surface area contributed by atoms with Gasteiger partial charge in [-0.1, -0.05) is 31.7 Å². The number of hydrogen-bond donors (Lipinski definition) is 0. The van der Waals surface area contributed by atoms with Crippen LogP contribution in [0.4, 0.5) is 0 Å². The lowest BCUT2D eigenvalue weighted by molar-refractivity contribution is 0.0651. The van der Waals surface area contributed by atoms with E-state index in [1.54, 1.807) is 12.1 Å². The normalized spacial score (nSPS) is 13.8. The molecule has 2 aromatic carbocycles. The fraction of sp³-hybridized carbons (Fsp3) is 0.143. The molecule has 0 spiro atoms. The topological polar surface area (TPSA) is 37.4 Å². The average molecular weight is 227 g/mol. The molecule has 2 amide bonds. The molecule has 0 unspecified atom stereocenters. The second-order valence-corrected chi connectivity index (χ2v) is 3.88. The van der Waals surface area contributed by atoms with Crippen molar-refractivity contribution in [1.29, 1.82) is 0 Å². The Morgan fingerprint density at radius 1 is 0.882 bits per heavy atom. The van der Waals surface area contributed by atoms with E-state index in [1.165, 1.54) is 7.05 Å². The van der Waals surface area contributed by atoms with E-state index in [9.17, 15) is 9.59 Å². The predicted molar refractivity (Wildman–Crippen MR) is 67.1 cm³/mol. The monoisotopic (exact) mass is 227 g/mol. The van der Waals surface area contributed by atoms with Gasteiger partial charge in [-0.05, 0) is 17.5 Å². The first-order chi connectivity index (χ1) is 7.70. The van der Waals surface area contributed by atoms with Crippen LogP contribution in [0.1, 0.15) is 28.1 Å². The molecule has 0 aliphatic carbocycles. The molecule has 0 aromatic heterocycles. The van der Waals surface area contributed by atoms with E-state index >= 15 is 0 Å². The van der Waals surface area contributed by atoms with Gasteiger partial charge in [0.2, 0.25) is 0 Å². The van der Waals surface area contributed by atoms with Crippen LogP contribution in [-0.2, 0) is 0 Å². The summed E-state index contributed by atoms with van der Waals surface area (Å²) in [6.45, 7) is 0. The van der Waals surface area contributed by atoms with Gasteiger partial charge in [0.05, 0.1) is 0 Å². The van der Waals surface area contributed by atoms with Crippen LogP contribution in [0.25, 0.3) is 10.8 Å². The van der Waals surface area contributed by atoms with E-state index in [0.29, 0.717) is 11.1 Å². The Labute approximate surface area is 99.7 Å². The molecule has 3 nitrogen and oxygen atoms in total. The minimum absolute atomic E-state index is 0. The molecular formula is C14H13NO2. The van der Waals surface area contributed by atoms with Crippen LogP contribution < -0.4 is 0 Å². The number of carbonyl (C=O) groups excluding carboxylic acids is 2. The number of carbonyl (C=O) groups is 2. The van der Waals surface area contributed by atoms with Gasteiger partial charge in [-0.2, -0.15) is 0 Å². The summed E-state index contributed by atoms with van der Waals surface area (Å²) in [5.74, 6) is -0.455. The molecule has 17 heavy (non-hydrogen) atoms. The highest BCUT2D eigenvalue weighted by molar-refractivity contribution is 6.25. The Bertz CT molecular complexity index is 580. The lowest BCUT2D eigenvalue weighted by atomic mass is 9.94. The van der Waals surface area contributed by atoms with Crippen LogP contribution in [-0.4, -0.2) is 23.8 Å². The first kappa shape index (κ1) is 11.3. The number of amides is 2. The maximum atomic E-state index is 11.9. The minimum atomic E-state index is -0.228. The molecule has 0 saturated carbocycles. The second-order valence-electron chi connectivity index (χ2n) is 3.88. The summed E-state index contributed by atoms with van der Waals surface area (Å²) in [4.78, 5) is 25.0.